The van der Waals surface area contributed by atoms with Crippen LogP contribution < -0.4 is 5.48 Å². The van der Waals surface area contributed by atoms with Crippen molar-refractivity contribution in [2.45, 2.75) is 78.3 Å². The van der Waals surface area contributed by atoms with Crippen LogP contribution in [0.15, 0.2) is 11.3 Å². The number of allylic oxidation sites excluding steroid dienone is 2. The largest absolute Gasteiger partial charge is 0.351 e. The molecule has 1 saturated carbocycles. The molecule has 1 N–H and O–H groups in total. The summed E-state index contributed by atoms with van der Waals surface area (Å²) in [5, 5.41) is 0.365. The van der Waals surface area contributed by atoms with Crippen LogP contribution in [0.1, 0.15) is 66.7 Å². The van der Waals surface area contributed by atoms with E-state index in [1.807, 2.05) is 37.4 Å². The van der Waals surface area contributed by atoms with Crippen molar-refractivity contribution in [3.8, 4) is 0 Å². The van der Waals surface area contributed by atoms with E-state index in [0.29, 0.717) is 42.4 Å². The Hall–Kier alpha value is -0.500. The molecule has 5 nitrogen and oxygen atoms in total. The van der Waals surface area contributed by atoms with E-state index in [1.165, 1.54) is 0 Å². The van der Waals surface area contributed by atoms with E-state index in [4.69, 9.17) is 9.57 Å². The Morgan fingerprint density at radius 1 is 1.14 bits per heavy atom. The number of rotatable bonds is 14. The fourth-order valence-corrected chi connectivity index (χ4v) is 5.55. The number of hydrogen-bond donors (Lipinski definition) is 1. The van der Waals surface area contributed by atoms with Crippen LogP contribution in [0.4, 0.5) is 0 Å². The second-order valence-electron chi connectivity index (χ2n) is 6.88. The molecule has 0 bridgehead atoms. The van der Waals surface area contributed by atoms with Crippen molar-refractivity contribution in [2.75, 3.05) is 23.9 Å². The summed E-state index contributed by atoms with van der Waals surface area (Å²) in [5.41, 5.74) is 3.76. The minimum absolute atomic E-state index is 0.0492. The van der Waals surface area contributed by atoms with Crippen LogP contribution >= 0.6 is 23.5 Å². The molecule has 0 radical (unpaired) electrons. The zero-order valence-electron chi connectivity index (χ0n) is 18.0. The van der Waals surface area contributed by atoms with E-state index in [-0.39, 0.29) is 17.5 Å². The van der Waals surface area contributed by atoms with Crippen LogP contribution in [0.5, 0.6) is 0 Å². The van der Waals surface area contributed by atoms with Crippen molar-refractivity contribution in [3.05, 3.63) is 11.3 Å². The summed E-state index contributed by atoms with van der Waals surface area (Å²) in [4.78, 5) is 31.2. The van der Waals surface area contributed by atoms with Crippen molar-refractivity contribution in [1.82, 2.24) is 5.48 Å². The van der Waals surface area contributed by atoms with E-state index in [9.17, 15) is 9.59 Å². The first-order valence-electron chi connectivity index (χ1n) is 10.5. The van der Waals surface area contributed by atoms with Crippen LogP contribution in [-0.4, -0.2) is 47.0 Å². The first-order valence-corrected chi connectivity index (χ1v) is 12.7. The highest BCUT2D eigenvalue weighted by molar-refractivity contribution is 8.03. The molecule has 1 rings (SSSR count). The third kappa shape index (κ3) is 8.47. The van der Waals surface area contributed by atoms with Crippen molar-refractivity contribution >= 4 is 35.1 Å². The van der Waals surface area contributed by atoms with Gasteiger partial charge in [0.2, 0.25) is 0 Å². The van der Waals surface area contributed by atoms with Gasteiger partial charge in [0.1, 0.15) is 0 Å². The average molecular weight is 432 g/mol. The zero-order valence-corrected chi connectivity index (χ0v) is 19.7. The van der Waals surface area contributed by atoms with Crippen LogP contribution in [0.2, 0.25) is 0 Å². The number of ether oxygens (including phenoxy) is 1. The standard InChI is InChI=1S/C21H37NO4S2/c1-6-10-17(22-26-15(5)25-8-3)21-18(23)13-16(14-19(21)24)20(7-2)28-12-11-27-9-4/h15-16,20,22H,6-14H2,1-5H3. The van der Waals surface area contributed by atoms with Gasteiger partial charge in [-0.3, -0.25) is 15.1 Å². The Morgan fingerprint density at radius 3 is 2.36 bits per heavy atom. The molecule has 0 heterocycles. The number of carbonyl (C=O) groups is 2. The molecule has 1 aliphatic rings. The minimum Gasteiger partial charge on any atom is -0.351 e. The van der Waals surface area contributed by atoms with Crippen LogP contribution in [0.25, 0.3) is 0 Å². The molecular formula is C21H37NO4S2. The maximum atomic E-state index is 12.9. The quantitative estimate of drug-likeness (QED) is 0.140. The summed E-state index contributed by atoms with van der Waals surface area (Å²) in [5.74, 6) is 3.36. The summed E-state index contributed by atoms with van der Waals surface area (Å²) in [6, 6.07) is 0. The van der Waals surface area contributed by atoms with Crippen LogP contribution in [0, 0.1) is 5.92 Å². The molecule has 162 valence electrons. The molecule has 7 heteroatoms. The molecule has 0 saturated heterocycles. The molecule has 0 aromatic carbocycles. The molecule has 1 fully saturated rings. The SMILES string of the molecule is CCCC(NOC(C)OCC)=C1C(=O)CC(C(CC)SCCSCC)CC1=O. The lowest BCUT2D eigenvalue weighted by atomic mass is 9.80. The number of nitrogens with one attached hydrogen (secondary N) is 1. The summed E-state index contributed by atoms with van der Waals surface area (Å²) in [7, 11) is 0. The highest BCUT2D eigenvalue weighted by Gasteiger charge is 2.36. The summed E-state index contributed by atoms with van der Waals surface area (Å²) < 4.78 is 5.35. The molecule has 0 aromatic heterocycles. The summed E-state index contributed by atoms with van der Waals surface area (Å²) in [6.07, 6.45) is 2.87. The van der Waals surface area contributed by atoms with Gasteiger partial charge in [-0.2, -0.15) is 23.5 Å². The van der Waals surface area contributed by atoms with E-state index in [0.717, 1.165) is 30.1 Å². The Labute approximate surface area is 179 Å². The van der Waals surface area contributed by atoms with Crippen molar-refractivity contribution in [1.29, 1.82) is 0 Å². The number of carbonyl (C=O) groups excluding carboxylic acids is 2. The van der Waals surface area contributed by atoms with Gasteiger partial charge >= 0.3 is 0 Å². The van der Waals surface area contributed by atoms with E-state index < -0.39 is 6.29 Å². The highest BCUT2D eigenvalue weighted by Crippen LogP contribution is 2.35. The normalized spacial score (nSPS) is 19.6. The lowest BCUT2D eigenvalue weighted by molar-refractivity contribution is -0.159. The zero-order chi connectivity index (χ0) is 20.9. The van der Waals surface area contributed by atoms with Crippen molar-refractivity contribution in [2.24, 2.45) is 5.92 Å². The Morgan fingerprint density at radius 2 is 1.82 bits per heavy atom. The van der Waals surface area contributed by atoms with Gasteiger partial charge in [0.25, 0.3) is 0 Å². The Kier molecular flexibility index (Phi) is 13.2. The third-order valence-electron chi connectivity index (χ3n) is 4.70. The molecular weight excluding hydrogens is 394 g/mol. The topological polar surface area (TPSA) is 64.6 Å². The van der Waals surface area contributed by atoms with Crippen LogP contribution in [0.3, 0.4) is 0 Å². The maximum absolute atomic E-state index is 12.9. The van der Waals surface area contributed by atoms with Crippen LogP contribution in [-0.2, 0) is 19.2 Å². The number of hydroxylamine groups is 1. The Bertz CT molecular complexity index is 505. The minimum atomic E-state index is -0.444. The average Bonchev–Trinajstić information content (AvgIpc) is 2.65. The number of Topliss-reactive ketones (excluding diaryl/α,β-unsaturated/α-hetero) is 2. The molecule has 0 spiro atoms. The Balaban J connectivity index is 2.80. The second kappa shape index (κ2) is 14.5. The summed E-state index contributed by atoms with van der Waals surface area (Å²) in [6.45, 7) is 10.5. The molecule has 2 atom stereocenters. The van der Waals surface area contributed by atoms with Gasteiger partial charge in [0, 0.05) is 36.2 Å². The predicted molar refractivity (Wildman–Crippen MR) is 120 cm³/mol. The van der Waals surface area contributed by atoms with Gasteiger partial charge in [-0.1, -0.05) is 27.2 Å². The first-order chi connectivity index (χ1) is 13.5. The fourth-order valence-electron chi connectivity index (χ4n) is 3.40. The molecule has 0 amide bonds. The second-order valence-corrected chi connectivity index (χ2v) is 9.62. The molecule has 0 aliphatic heterocycles. The van der Waals surface area contributed by atoms with Gasteiger partial charge < -0.3 is 4.74 Å². The fraction of sp³-hybridized carbons (Fsp3) is 0.810. The first kappa shape index (κ1) is 25.5. The van der Waals surface area contributed by atoms with Crippen molar-refractivity contribution in [3.63, 3.8) is 0 Å². The van der Waals surface area contributed by atoms with E-state index >= 15 is 0 Å². The van der Waals surface area contributed by atoms with Gasteiger partial charge in [0.05, 0.1) is 11.3 Å². The van der Waals surface area contributed by atoms with Gasteiger partial charge in [-0.05, 0) is 38.4 Å². The number of hydrogen-bond acceptors (Lipinski definition) is 7. The maximum Gasteiger partial charge on any atom is 0.180 e. The number of thioether (sulfide) groups is 2. The lowest BCUT2D eigenvalue weighted by Crippen LogP contribution is -2.35. The lowest BCUT2D eigenvalue weighted by Gasteiger charge is -2.30. The molecule has 0 aromatic rings. The highest BCUT2D eigenvalue weighted by atomic mass is 32.2. The van der Waals surface area contributed by atoms with Crippen molar-refractivity contribution < 1.29 is 19.2 Å². The van der Waals surface area contributed by atoms with E-state index in [2.05, 4.69) is 19.3 Å². The van der Waals surface area contributed by atoms with Gasteiger partial charge in [-0.15, -0.1) is 0 Å². The summed E-state index contributed by atoms with van der Waals surface area (Å²) >= 11 is 3.85. The van der Waals surface area contributed by atoms with E-state index in [1.54, 1.807) is 6.92 Å². The smallest absolute Gasteiger partial charge is 0.180 e. The monoisotopic (exact) mass is 431 g/mol. The van der Waals surface area contributed by atoms with Gasteiger partial charge in [-0.25, -0.2) is 4.84 Å². The molecule has 28 heavy (non-hydrogen) atoms. The molecule has 1 aliphatic carbocycles. The predicted octanol–water partition coefficient (Wildman–Crippen LogP) is 4.76. The number of ketones is 2. The third-order valence-corrected chi connectivity index (χ3v) is 7.44. The van der Waals surface area contributed by atoms with Gasteiger partial charge in [0.15, 0.2) is 17.9 Å². The molecule has 2 unspecified atom stereocenters.